The number of hydrogen-bond donors (Lipinski definition) is 1. The largest absolute Gasteiger partial charge is 0.339 e. The summed E-state index contributed by atoms with van der Waals surface area (Å²) in [6.07, 6.45) is 0.792. The smallest absolute Gasteiger partial charge is 0.234 e. The van der Waals surface area contributed by atoms with Gasteiger partial charge in [0.25, 0.3) is 0 Å². The molecule has 1 N–H and O–H groups in total. The van der Waals surface area contributed by atoms with Crippen LogP contribution >= 0.6 is 11.8 Å². The molecule has 2 aromatic carbocycles. The zero-order valence-electron chi connectivity index (χ0n) is 10.5. The topological polar surface area (TPSA) is 29.1 Å². The fourth-order valence-corrected chi connectivity index (χ4v) is 3.55. The Morgan fingerprint density at radius 1 is 0.947 bits per heavy atom. The molecule has 2 atom stereocenters. The van der Waals surface area contributed by atoms with E-state index < -0.39 is 0 Å². The van der Waals surface area contributed by atoms with Gasteiger partial charge in [0.2, 0.25) is 5.91 Å². The van der Waals surface area contributed by atoms with Crippen LogP contribution in [0.25, 0.3) is 0 Å². The van der Waals surface area contributed by atoms with Gasteiger partial charge in [-0.3, -0.25) is 4.79 Å². The quantitative estimate of drug-likeness (QED) is 0.927. The van der Waals surface area contributed by atoms with Gasteiger partial charge in [0.05, 0.1) is 5.25 Å². The Hall–Kier alpha value is -1.74. The lowest BCUT2D eigenvalue weighted by Crippen LogP contribution is -2.25. The number of nitrogens with one attached hydrogen (secondary N) is 1. The van der Waals surface area contributed by atoms with Gasteiger partial charge in [-0.1, -0.05) is 60.7 Å². The van der Waals surface area contributed by atoms with Gasteiger partial charge in [0.15, 0.2) is 0 Å². The van der Waals surface area contributed by atoms with Crippen molar-refractivity contribution in [2.45, 2.75) is 17.0 Å². The number of hydrogen-bond acceptors (Lipinski definition) is 2. The van der Waals surface area contributed by atoms with Crippen molar-refractivity contribution in [3.8, 4) is 0 Å². The molecular formula is C16H15NOS. The van der Waals surface area contributed by atoms with Crippen LogP contribution in [0.15, 0.2) is 60.7 Å². The van der Waals surface area contributed by atoms with Crippen molar-refractivity contribution < 1.29 is 4.79 Å². The van der Waals surface area contributed by atoms with Gasteiger partial charge in [-0.05, 0) is 17.5 Å². The fourth-order valence-electron chi connectivity index (χ4n) is 2.24. The molecular weight excluding hydrogens is 254 g/mol. The summed E-state index contributed by atoms with van der Waals surface area (Å²) in [5, 5.41) is 3.16. The maximum absolute atomic E-state index is 12.0. The summed E-state index contributed by atoms with van der Waals surface area (Å²) in [4.78, 5) is 12.0. The van der Waals surface area contributed by atoms with E-state index in [0.717, 1.165) is 12.0 Å². The van der Waals surface area contributed by atoms with E-state index in [1.165, 1.54) is 5.56 Å². The lowest BCUT2D eigenvalue weighted by Gasteiger charge is -2.09. The molecule has 0 bridgehead atoms. The van der Waals surface area contributed by atoms with Crippen LogP contribution in [0.1, 0.15) is 16.5 Å². The highest BCUT2D eigenvalue weighted by molar-refractivity contribution is 8.01. The lowest BCUT2D eigenvalue weighted by molar-refractivity contribution is -0.120. The predicted molar refractivity (Wildman–Crippen MR) is 78.9 cm³/mol. The van der Waals surface area contributed by atoms with Gasteiger partial charge in [0, 0.05) is 0 Å². The summed E-state index contributed by atoms with van der Waals surface area (Å²) in [7, 11) is 0. The standard InChI is InChI=1S/C16H15NOS/c18-15-14(11-12-7-3-1-4-8-12)19-16(17-15)13-9-5-2-6-10-13/h1-10,14,16H,11H2,(H,17,18). The normalized spacial score (nSPS) is 22.2. The monoisotopic (exact) mass is 269 g/mol. The zero-order valence-corrected chi connectivity index (χ0v) is 11.3. The summed E-state index contributed by atoms with van der Waals surface area (Å²) in [5.74, 6) is 0.141. The van der Waals surface area contributed by atoms with Crippen LogP contribution in [0.3, 0.4) is 0 Å². The first kappa shape index (κ1) is 12.3. The molecule has 1 fully saturated rings. The first-order valence-electron chi connectivity index (χ1n) is 6.37. The number of benzene rings is 2. The molecule has 2 nitrogen and oxygen atoms in total. The van der Waals surface area contributed by atoms with Crippen LogP contribution in [-0.2, 0) is 11.2 Å². The van der Waals surface area contributed by atoms with Crippen molar-refractivity contribution in [1.29, 1.82) is 0 Å². The Bertz CT molecular complexity index is 555. The molecule has 0 aliphatic carbocycles. The van der Waals surface area contributed by atoms with Crippen LogP contribution in [0.5, 0.6) is 0 Å². The lowest BCUT2D eigenvalue weighted by atomic mass is 10.1. The molecule has 2 unspecified atom stereocenters. The Labute approximate surface area is 117 Å². The Morgan fingerprint density at radius 2 is 1.58 bits per heavy atom. The first-order chi connectivity index (χ1) is 9.33. The van der Waals surface area contributed by atoms with Crippen LogP contribution in [0, 0.1) is 0 Å². The van der Waals surface area contributed by atoms with Crippen molar-refractivity contribution in [1.82, 2.24) is 5.32 Å². The molecule has 1 amide bonds. The highest BCUT2D eigenvalue weighted by Crippen LogP contribution is 2.36. The molecule has 1 heterocycles. The van der Waals surface area contributed by atoms with Gasteiger partial charge in [-0.2, -0.15) is 0 Å². The SMILES string of the molecule is O=C1NC(c2ccccc2)SC1Cc1ccccc1. The molecule has 0 aromatic heterocycles. The van der Waals surface area contributed by atoms with Gasteiger partial charge < -0.3 is 5.32 Å². The number of rotatable bonds is 3. The number of amides is 1. The number of carbonyl (C=O) groups excluding carboxylic acids is 1. The van der Waals surface area contributed by atoms with Crippen molar-refractivity contribution in [2.75, 3.05) is 0 Å². The third-order valence-electron chi connectivity index (χ3n) is 3.23. The minimum atomic E-state index is 0.00704. The van der Waals surface area contributed by atoms with Crippen LogP contribution in [-0.4, -0.2) is 11.2 Å². The molecule has 96 valence electrons. The van der Waals surface area contributed by atoms with E-state index in [0.29, 0.717) is 0 Å². The van der Waals surface area contributed by atoms with Crippen molar-refractivity contribution in [3.63, 3.8) is 0 Å². The fraction of sp³-hybridized carbons (Fsp3) is 0.188. The number of thioether (sulfide) groups is 1. The van der Waals surface area contributed by atoms with Crippen LogP contribution in [0.2, 0.25) is 0 Å². The molecule has 1 saturated heterocycles. The second-order valence-electron chi connectivity index (χ2n) is 4.61. The highest BCUT2D eigenvalue weighted by Gasteiger charge is 2.33. The second kappa shape index (κ2) is 5.49. The van der Waals surface area contributed by atoms with Gasteiger partial charge in [-0.25, -0.2) is 0 Å². The minimum absolute atomic E-state index is 0.00704. The Balaban J connectivity index is 1.71. The van der Waals surface area contributed by atoms with Crippen LogP contribution < -0.4 is 5.32 Å². The Morgan fingerprint density at radius 3 is 2.26 bits per heavy atom. The maximum Gasteiger partial charge on any atom is 0.234 e. The van der Waals surface area contributed by atoms with E-state index in [1.807, 2.05) is 36.4 Å². The Kier molecular flexibility index (Phi) is 3.56. The molecule has 1 aliphatic heterocycles. The van der Waals surface area contributed by atoms with Crippen LogP contribution in [0.4, 0.5) is 0 Å². The van der Waals surface area contributed by atoms with Crippen molar-refractivity contribution >= 4 is 17.7 Å². The average Bonchev–Trinajstić information content (AvgIpc) is 2.82. The van der Waals surface area contributed by atoms with E-state index in [1.54, 1.807) is 11.8 Å². The summed E-state index contributed by atoms with van der Waals surface area (Å²) in [6.45, 7) is 0. The van der Waals surface area contributed by atoms with Crippen molar-refractivity contribution in [3.05, 3.63) is 71.8 Å². The summed E-state index contributed by atoms with van der Waals surface area (Å²) >= 11 is 1.71. The number of carbonyl (C=O) groups is 1. The second-order valence-corrected chi connectivity index (χ2v) is 5.93. The van der Waals surface area contributed by atoms with Crippen molar-refractivity contribution in [2.24, 2.45) is 0 Å². The third kappa shape index (κ3) is 2.82. The van der Waals surface area contributed by atoms with E-state index in [-0.39, 0.29) is 16.5 Å². The predicted octanol–water partition coefficient (Wildman–Crippen LogP) is 3.16. The molecule has 0 radical (unpaired) electrons. The molecule has 2 aromatic rings. The molecule has 19 heavy (non-hydrogen) atoms. The minimum Gasteiger partial charge on any atom is -0.339 e. The van der Waals surface area contributed by atoms with Gasteiger partial charge >= 0.3 is 0 Å². The van der Waals surface area contributed by atoms with Gasteiger partial charge in [0.1, 0.15) is 5.37 Å². The summed E-state index contributed by atoms with van der Waals surface area (Å²) in [6, 6.07) is 20.3. The third-order valence-corrected chi connectivity index (χ3v) is 4.60. The van der Waals surface area contributed by atoms with E-state index in [4.69, 9.17) is 0 Å². The molecule has 3 heteroatoms. The molecule has 0 saturated carbocycles. The molecule has 1 aliphatic rings. The first-order valence-corrected chi connectivity index (χ1v) is 7.32. The van der Waals surface area contributed by atoms with E-state index in [9.17, 15) is 4.79 Å². The highest BCUT2D eigenvalue weighted by atomic mass is 32.2. The molecule has 3 rings (SSSR count). The average molecular weight is 269 g/mol. The molecule has 0 spiro atoms. The van der Waals surface area contributed by atoms with E-state index >= 15 is 0 Å². The summed E-state index contributed by atoms with van der Waals surface area (Å²) < 4.78 is 0. The van der Waals surface area contributed by atoms with Gasteiger partial charge in [-0.15, -0.1) is 11.8 Å². The summed E-state index contributed by atoms with van der Waals surface area (Å²) in [5.41, 5.74) is 2.38. The maximum atomic E-state index is 12.0. The zero-order chi connectivity index (χ0) is 13.1. The van der Waals surface area contributed by atoms with E-state index in [2.05, 4.69) is 29.6 Å².